The lowest BCUT2D eigenvalue weighted by Gasteiger charge is -2.29. The standard InChI is InChI=1S/C9H19NO/c1-7-4-3-5-9(10-7)6-8(2)11/h7-11H,3-6H2,1-2H3. The zero-order valence-electron chi connectivity index (χ0n) is 7.51. The number of nitrogens with one attached hydrogen (secondary N) is 1. The Kier molecular flexibility index (Phi) is 3.34. The van der Waals surface area contributed by atoms with Crippen LogP contribution in [0.15, 0.2) is 0 Å². The van der Waals surface area contributed by atoms with Gasteiger partial charge in [-0.05, 0) is 33.1 Å². The highest BCUT2D eigenvalue weighted by atomic mass is 16.3. The van der Waals surface area contributed by atoms with Gasteiger partial charge in [-0.3, -0.25) is 0 Å². The minimum Gasteiger partial charge on any atom is -0.393 e. The third kappa shape index (κ3) is 3.21. The summed E-state index contributed by atoms with van der Waals surface area (Å²) in [5, 5.41) is 12.6. The summed E-state index contributed by atoms with van der Waals surface area (Å²) in [5.74, 6) is 0. The van der Waals surface area contributed by atoms with Crippen LogP contribution in [-0.2, 0) is 0 Å². The van der Waals surface area contributed by atoms with E-state index in [1.54, 1.807) is 0 Å². The predicted molar refractivity (Wildman–Crippen MR) is 46.5 cm³/mol. The molecule has 0 aromatic heterocycles. The zero-order chi connectivity index (χ0) is 8.27. The van der Waals surface area contributed by atoms with Gasteiger partial charge in [0.05, 0.1) is 6.10 Å². The number of aliphatic hydroxyl groups is 1. The predicted octanol–water partition coefficient (Wildman–Crippen LogP) is 1.29. The maximum atomic E-state index is 9.15. The average molecular weight is 157 g/mol. The van der Waals surface area contributed by atoms with E-state index in [1.807, 2.05) is 6.92 Å². The molecule has 66 valence electrons. The molecule has 0 saturated carbocycles. The van der Waals surface area contributed by atoms with E-state index in [2.05, 4.69) is 12.2 Å². The van der Waals surface area contributed by atoms with Crippen LogP contribution in [0.4, 0.5) is 0 Å². The molecular formula is C9H19NO. The summed E-state index contributed by atoms with van der Waals surface area (Å²) in [5.41, 5.74) is 0. The minimum atomic E-state index is -0.155. The van der Waals surface area contributed by atoms with E-state index < -0.39 is 0 Å². The summed E-state index contributed by atoms with van der Waals surface area (Å²) in [6.45, 7) is 4.08. The van der Waals surface area contributed by atoms with E-state index in [0.29, 0.717) is 12.1 Å². The topological polar surface area (TPSA) is 32.3 Å². The van der Waals surface area contributed by atoms with Crippen LogP contribution < -0.4 is 5.32 Å². The molecule has 0 amide bonds. The average Bonchev–Trinajstić information content (AvgIpc) is 1.85. The number of aliphatic hydroxyl groups excluding tert-OH is 1. The van der Waals surface area contributed by atoms with Crippen molar-refractivity contribution < 1.29 is 5.11 Å². The van der Waals surface area contributed by atoms with Gasteiger partial charge >= 0.3 is 0 Å². The zero-order valence-corrected chi connectivity index (χ0v) is 7.51. The maximum absolute atomic E-state index is 9.15. The van der Waals surface area contributed by atoms with Gasteiger partial charge in [-0.1, -0.05) is 6.42 Å². The lowest BCUT2D eigenvalue weighted by molar-refractivity contribution is 0.154. The van der Waals surface area contributed by atoms with Gasteiger partial charge in [0.15, 0.2) is 0 Å². The first-order valence-corrected chi connectivity index (χ1v) is 4.62. The van der Waals surface area contributed by atoms with Crippen LogP contribution >= 0.6 is 0 Å². The van der Waals surface area contributed by atoms with Crippen LogP contribution in [0.25, 0.3) is 0 Å². The van der Waals surface area contributed by atoms with Crippen molar-refractivity contribution >= 4 is 0 Å². The van der Waals surface area contributed by atoms with Gasteiger partial charge in [0.1, 0.15) is 0 Å². The first-order valence-electron chi connectivity index (χ1n) is 4.62. The molecule has 3 atom stereocenters. The summed E-state index contributed by atoms with van der Waals surface area (Å²) < 4.78 is 0. The van der Waals surface area contributed by atoms with E-state index >= 15 is 0 Å². The summed E-state index contributed by atoms with van der Waals surface area (Å²) in [7, 11) is 0. The lowest BCUT2D eigenvalue weighted by atomic mass is 9.96. The molecule has 0 spiro atoms. The van der Waals surface area contributed by atoms with Gasteiger partial charge in [0.25, 0.3) is 0 Å². The van der Waals surface area contributed by atoms with E-state index in [4.69, 9.17) is 5.11 Å². The van der Waals surface area contributed by atoms with Crippen molar-refractivity contribution in [1.29, 1.82) is 0 Å². The fraction of sp³-hybridized carbons (Fsp3) is 1.00. The van der Waals surface area contributed by atoms with Crippen molar-refractivity contribution in [2.75, 3.05) is 0 Å². The molecular weight excluding hydrogens is 138 g/mol. The van der Waals surface area contributed by atoms with E-state index in [9.17, 15) is 0 Å². The molecule has 0 radical (unpaired) electrons. The molecule has 1 aliphatic heterocycles. The Labute approximate surface area is 69.0 Å². The normalized spacial score (nSPS) is 35.2. The quantitative estimate of drug-likeness (QED) is 0.633. The van der Waals surface area contributed by atoms with Crippen LogP contribution in [0.2, 0.25) is 0 Å². The highest BCUT2D eigenvalue weighted by molar-refractivity contribution is 4.78. The van der Waals surface area contributed by atoms with E-state index in [-0.39, 0.29) is 6.10 Å². The molecule has 3 unspecified atom stereocenters. The second-order valence-corrected chi connectivity index (χ2v) is 3.78. The number of rotatable bonds is 2. The Morgan fingerprint density at radius 2 is 2.27 bits per heavy atom. The third-order valence-corrected chi connectivity index (χ3v) is 2.34. The second kappa shape index (κ2) is 4.07. The Balaban J connectivity index is 2.23. The molecule has 11 heavy (non-hydrogen) atoms. The highest BCUT2D eigenvalue weighted by Gasteiger charge is 2.18. The second-order valence-electron chi connectivity index (χ2n) is 3.78. The summed E-state index contributed by atoms with van der Waals surface area (Å²) in [4.78, 5) is 0. The van der Waals surface area contributed by atoms with Crippen LogP contribution in [-0.4, -0.2) is 23.3 Å². The molecule has 1 aliphatic rings. The molecule has 2 heteroatoms. The van der Waals surface area contributed by atoms with Crippen LogP contribution in [0.3, 0.4) is 0 Å². The first kappa shape index (κ1) is 9.01. The van der Waals surface area contributed by atoms with Crippen molar-refractivity contribution in [1.82, 2.24) is 5.32 Å². The minimum absolute atomic E-state index is 0.155. The number of hydrogen-bond acceptors (Lipinski definition) is 2. The monoisotopic (exact) mass is 157 g/mol. The Bertz CT molecular complexity index is 112. The van der Waals surface area contributed by atoms with Crippen molar-refractivity contribution in [3.8, 4) is 0 Å². The first-order chi connectivity index (χ1) is 5.18. The van der Waals surface area contributed by atoms with Gasteiger partial charge in [-0.15, -0.1) is 0 Å². The van der Waals surface area contributed by atoms with Crippen molar-refractivity contribution in [3.05, 3.63) is 0 Å². The molecule has 0 aromatic rings. The smallest absolute Gasteiger partial charge is 0.0526 e. The van der Waals surface area contributed by atoms with Gasteiger partial charge < -0.3 is 10.4 Å². The van der Waals surface area contributed by atoms with Crippen LogP contribution in [0.5, 0.6) is 0 Å². The van der Waals surface area contributed by atoms with Gasteiger partial charge in [-0.2, -0.15) is 0 Å². The van der Waals surface area contributed by atoms with E-state index in [1.165, 1.54) is 19.3 Å². The lowest BCUT2D eigenvalue weighted by Crippen LogP contribution is -2.41. The van der Waals surface area contributed by atoms with E-state index in [0.717, 1.165) is 6.42 Å². The Hall–Kier alpha value is -0.0800. The third-order valence-electron chi connectivity index (χ3n) is 2.34. The largest absolute Gasteiger partial charge is 0.393 e. The van der Waals surface area contributed by atoms with Gasteiger partial charge in [0, 0.05) is 12.1 Å². The fourth-order valence-electron chi connectivity index (χ4n) is 1.84. The summed E-state index contributed by atoms with van der Waals surface area (Å²) >= 11 is 0. The summed E-state index contributed by atoms with van der Waals surface area (Å²) in [6.07, 6.45) is 4.58. The van der Waals surface area contributed by atoms with Gasteiger partial charge in [0.2, 0.25) is 0 Å². The Morgan fingerprint density at radius 3 is 2.82 bits per heavy atom. The van der Waals surface area contributed by atoms with Gasteiger partial charge in [-0.25, -0.2) is 0 Å². The van der Waals surface area contributed by atoms with Crippen LogP contribution in [0.1, 0.15) is 39.5 Å². The maximum Gasteiger partial charge on any atom is 0.0526 e. The molecule has 2 N–H and O–H groups in total. The number of hydrogen-bond donors (Lipinski definition) is 2. The van der Waals surface area contributed by atoms with Crippen LogP contribution in [0, 0.1) is 0 Å². The molecule has 1 rings (SSSR count). The van der Waals surface area contributed by atoms with Crippen molar-refractivity contribution in [3.63, 3.8) is 0 Å². The summed E-state index contributed by atoms with van der Waals surface area (Å²) in [6, 6.07) is 1.20. The molecule has 1 heterocycles. The number of piperidine rings is 1. The molecule has 1 fully saturated rings. The molecule has 2 nitrogen and oxygen atoms in total. The molecule has 0 aliphatic carbocycles. The Morgan fingerprint density at radius 1 is 1.55 bits per heavy atom. The van der Waals surface area contributed by atoms with Crippen molar-refractivity contribution in [2.45, 2.75) is 57.7 Å². The SMILES string of the molecule is CC(O)CC1CCCC(C)N1. The fourth-order valence-corrected chi connectivity index (χ4v) is 1.84. The molecule has 0 aromatic carbocycles. The molecule has 1 saturated heterocycles. The molecule has 0 bridgehead atoms. The highest BCUT2D eigenvalue weighted by Crippen LogP contribution is 2.15. The van der Waals surface area contributed by atoms with Crippen molar-refractivity contribution in [2.24, 2.45) is 0 Å².